The van der Waals surface area contributed by atoms with Crippen molar-refractivity contribution >= 4 is 17.4 Å². The Kier molecular flexibility index (Phi) is 19.0. The van der Waals surface area contributed by atoms with Crippen LogP contribution in [0.25, 0.3) is 11.5 Å². The van der Waals surface area contributed by atoms with E-state index < -0.39 is 17.7 Å². The van der Waals surface area contributed by atoms with Gasteiger partial charge in [0.05, 0.1) is 44.0 Å². The third kappa shape index (κ3) is 14.2. The van der Waals surface area contributed by atoms with Crippen LogP contribution >= 0.6 is 0 Å². The molecule has 0 aliphatic heterocycles. The summed E-state index contributed by atoms with van der Waals surface area (Å²) in [4.78, 5) is 10.4. The standard InChI is InChI=1S/C19H20F3NO2.C12H20O4.C2H6/c1-4-25-18(14-6-5-7-15(12-14)19(20,21)22)17(23-2)13-8-10-16(24-3)11-9-13;1-5-10(15-4)6-7-11(9(2)3)16-8-12(13)14;1-2/h5-12,23H,4H2,1-3H3;6,11H,2,5,7-8H2,1,3-4H3,(H,13,14);1-2H3/b18-17-;10-6+;. The summed E-state index contributed by atoms with van der Waals surface area (Å²) >= 11 is 0. The Labute approximate surface area is 254 Å². The van der Waals surface area contributed by atoms with E-state index in [0.717, 1.165) is 35.4 Å². The third-order valence-electron chi connectivity index (χ3n) is 5.72. The average molecular weight is 610 g/mol. The number of halogens is 3. The monoisotopic (exact) mass is 609 g/mol. The molecule has 1 unspecified atom stereocenters. The highest BCUT2D eigenvalue weighted by Gasteiger charge is 2.31. The van der Waals surface area contributed by atoms with Crippen LogP contribution < -0.4 is 10.1 Å². The molecule has 0 bridgehead atoms. The molecule has 0 saturated carbocycles. The molecule has 0 aliphatic rings. The maximum absolute atomic E-state index is 13.0. The van der Waals surface area contributed by atoms with Crippen LogP contribution in [0.4, 0.5) is 13.2 Å². The molecule has 0 aliphatic carbocycles. The number of nitrogens with one attached hydrogen (secondary N) is 1. The Morgan fingerprint density at radius 1 is 1.07 bits per heavy atom. The van der Waals surface area contributed by atoms with Gasteiger partial charge in [-0.1, -0.05) is 45.1 Å². The molecule has 43 heavy (non-hydrogen) atoms. The first-order valence-corrected chi connectivity index (χ1v) is 14.0. The second kappa shape index (κ2) is 20.9. The topological polar surface area (TPSA) is 86.3 Å². The quantitative estimate of drug-likeness (QED) is 0.127. The number of ether oxygens (including phenoxy) is 4. The molecule has 0 heterocycles. The van der Waals surface area contributed by atoms with Crippen molar-refractivity contribution in [3.8, 4) is 5.75 Å². The minimum atomic E-state index is -4.41. The van der Waals surface area contributed by atoms with E-state index in [2.05, 4.69) is 11.9 Å². The van der Waals surface area contributed by atoms with Gasteiger partial charge in [0.15, 0.2) is 0 Å². The van der Waals surface area contributed by atoms with Gasteiger partial charge in [-0.05, 0) is 62.7 Å². The molecular formula is C33H46F3NO6. The van der Waals surface area contributed by atoms with E-state index in [4.69, 9.17) is 24.1 Å². The molecule has 7 nitrogen and oxygen atoms in total. The van der Waals surface area contributed by atoms with Crippen LogP contribution in [0.2, 0.25) is 0 Å². The fraction of sp³-hybridized carbons (Fsp3) is 0.424. The molecule has 0 radical (unpaired) electrons. The largest absolute Gasteiger partial charge is 0.501 e. The summed E-state index contributed by atoms with van der Waals surface area (Å²) in [6.45, 7) is 13.4. The number of methoxy groups -OCH3 is 2. The number of hydrogen-bond donors (Lipinski definition) is 2. The molecule has 2 aromatic rings. The maximum Gasteiger partial charge on any atom is 0.416 e. The van der Waals surface area contributed by atoms with Crippen molar-refractivity contribution in [3.63, 3.8) is 0 Å². The highest BCUT2D eigenvalue weighted by atomic mass is 19.4. The Morgan fingerprint density at radius 2 is 1.70 bits per heavy atom. The summed E-state index contributed by atoms with van der Waals surface area (Å²) in [5.74, 6) is 0.945. The minimum Gasteiger partial charge on any atom is -0.501 e. The lowest BCUT2D eigenvalue weighted by atomic mass is 10.0. The molecule has 10 heteroatoms. The lowest BCUT2D eigenvalue weighted by Crippen LogP contribution is -2.18. The summed E-state index contributed by atoms with van der Waals surface area (Å²) in [6, 6.07) is 12.3. The first kappa shape index (κ1) is 39.1. The number of carboxylic acid groups (broad SMARTS) is 1. The number of allylic oxidation sites excluding steroid dienone is 1. The van der Waals surface area contributed by atoms with Crippen molar-refractivity contribution in [1.82, 2.24) is 5.32 Å². The zero-order chi connectivity index (χ0) is 33.0. The van der Waals surface area contributed by atoms with E-state index in [9.17, 15) is 18.0 Å². The van der Waals surface area contributed by atoms with Crippen molar-refractivity contribution in [2.24, 2.45) is 0 Å². The summed E-state index contributed by atoms with van der Waals surface area (Å²) in [5, 5.41) is 11.5. The van der Waals surface area contributed by atoms with Crippen molar-refractivity contribution in [1.29, 1.82) is 0 Å². The summed E-state index contributed by atoms with van der Waals surface area (Å²) in [5.41, 5.74) is 1.83. The van der Waals surface area contributed by atoms with E-state index >= 15 is 0 Å². The van der Waals surface area contributed by atoms with Crippen LogP contribution in [-0.4, -0.2) is 51.7 Å². The number of carbonyl (C=O) groups is 1. The first-order chi connectivity index (χ1) is 20.4. The van der Waals surface area contributed by atoms with Crippen LogP contribution in [0.1, 0.15) is 64.2 Å². The van der Waals surface area contributed by atoms with Gasteiger partial charge >= 0.3 is 12.1 Å². The number of aliphatic carboxylic acids is 1. The fourth-order valence-corrected chi connectivity index (χ4v) is 3.62. The van der Waals surface area contributed by atoms with E-state index in [1.807, 2.05) is 45.9 Å². The van der Waals surface area contributed by atoms with Crippen molar-refractivity contribution in [2.75, 3.05) is 34.5 Å². The first-order valence-electron chi connectivity index (χ1n) is 14.0. The van der Waals surface area contributed by atoms with Gasteiger partial charge in [-0.25, -0.2) is 4.79 Å². The van der Waals surface area contributed by atoms with Gasteiger partial charge in [0, 0.05) is 24.6 Å². The van der Waals surface area contributed by atoms with Crippen LogP contribution in [0.5, 0.6) is 5.75 Å². The zero-order valence-corrected chi connectivity index (χ0v) is 26.4. The number of carboxylic acids is 1. The molecule has 0 aromatic heterocycles. The molecule has 0 spiro atoms. The Hall–Kier alpha value is -3.92. The van der Waals surface area contributed by atoms with Gasteiger partial charge in [-0.2, -0.15) is 13.2 Å². The van der Waals surface area contributed by atoms with E-state index in [1.54, 1.807) is 46.4 Å². The number of benzene rings is 2. The van der Waals surface area contributed by atoms with Crippen LogP contribution in [0, 0.1) is 0 Å². The van der Waals surface area contributed by atoms with Crippen LogP contribution in [0.15, 0.2) is 72.5 Å². The fourth-order valence-electron chi connectivity index (χ4n) is 3.62. The number of hydrogen-bond acceptors (Lipinski definition) is 6. The van der Waals surface area contributed by atoms with E-state index in [0.29, 0.717) is 35.8 Å². The molecular weight excluding hydrogens is 563 g/mol. The van der Waals surface area contributed by atoms with Gasteiger partial charge in [0.1, 0.15) is 18.1 Å². The van der Waals surface area contributed by atoms with E-state index in [-0.39, 0.29) is 12.7 Å². The lowest BCUT2D eigenvalue weighted by molar-refractivity contribution is -0.143. The second-order valence-electron chi connectivity index (χ2n) is 8.70. The highest BCUT2D eigenvalue weighted by molar-refractivity contribution is 5.86. The molecule has 0 saturated heterocycles. The van der Waals surface area contributed by atoms with Gasteiger partial charge in [0.2, 0.25) is 0 Å². The molecule has 2 rings (SSSR count). The second-order valence-corrected chi connectivity index (χ2v) is 8.70. The van der Waals surface area contributed by atoms with Gasteiger partial charge < -0.3 is 29.4 Å². The lowest BCUT2D eigenvalue weighted by Gasteiger charge is -2.17. The predicted molar refractivity (Wildman–Crippen MR) is 165 cm³/mol. The Bertz CT molecular complexity index is 1170. The third-order valence-corrected chi connectivity index (χ3v) is 5.72. The van der Waals surface area contributed by atoms with Crippen molar-refractivity contribution < 1.29 is 42.0 Å². The number of alkyl halides is 3. The van der Waals surface area contributed by atoms with Crippen LogP contribution in [0.3, 0.4) is 0 Å². The van der Waals surface area contributed by atoms with Gasteiger partial charge in [0.25, 0.3) is 0 Å². The summed E-state index contributed by atoms with van der Waals surface area (Å²) in [6.07, 6.45) is -1.39. The molecule has 0 amide bonds. The molecule has 0 fully saturated rings. The molecule has 1 atom stereocenters. The van der Waals surface area contributed by atoms with Gasteiger partial charge in [-0.15, -0.1) is 0 Å². The smallest absolute Gasteiger partial charge is 0.416 e. The minimum absolute atomic E-state index is 0.271. The maximum atomic E-state index is 13.0. The normalized spacial score (nSPS) is 12.3. The zero-order valence-electron chi connectivity index (χ0n) is 26.4. The van der Waals surface area contributed by atoms with Gasteiger partial charge in [-0.3, -0.25) is 0 Å². The van der Waals surface area contributed by atoms with Crippen molar-refractivity contribution in [2.45, 2.75) is 59.7 Å². The SMILES string of the molecule is C=C(C)C(C/C=C(\CC)OC)OCC(=O)O.CC.CCO/C(=C(\NC)c1ccc(OC)cc1)c1cccc(C(F)(F)F)c1. The highest BCUT2D eigenvalue weighted by Crippen LogP contribution is 2.33. The predicted octanol–water partition coefficient (Wildman–Crippen LogP) is 8.18. The Morgan fingerprint density at radius 3 is 2.14 bits per heavy atom. The molecule has 2 N–H and O–H groups in total. The molecule has 2 aromatic carbocycles. The number of rotatable bonds is 14. The van der Waals surface area contributed by atoms with Crippen LogP contribution in [-0.2, 0) is 25.2 Å². The molecule has 240 valence electrons. The summed E-state index contributed by atoms with van der Waals surface area (Å²) in [7, 11) is 4.88. The summed E-state index contributed by atoms with van der Waals surface area (Å²) < 4.78 is 60.2. The Balaban J connectivity index is 0.000000850. The van der Waals surface area contributed by atoms with E-state index in [1.165, 1.54) is 6.07 Å². The average Bonchev–Trinajstić information content (AvgIpc) is 3.00. The van der Waals surface area contributed by atoms with Crippen molar-refractivity contribution in [3.05, 3.63) is 89.2 Å².